The molecule has 4 aliphatic rings. The van der Waals surface area contributed by atoms with Crippen molar-refractivity contribution < 1.29 is 0 Å². The number of fused-ring (bicyclic) bond motifs is 18. The Labute approximate surface area is 457 Å². The van der Waals surface area contributed by atoms with Crippen LogP contribution in [0.1, 0.15) is 147 Å². The van der Waals surface area contributed by atoms with E-state index in [4.69, 9.17) is 0 Å². The largest absolute Gasteiger partial charge is 0.309 e. The van der Waals surface area contributed by atoms with Gasteiger partial charge in [-0.15, -0.1) is 0 Å². The Bertz CT molecular complexity index is 3850. The van der Waals surface area contributed by atoms with E-state index in [9.17, 15) is 0 Å². The van der Waals surface area contributed by atoms with Gasteiger partial charge in [0.05, 0.1) is 22.2 Å². The Kier molecular flexibility index (Phi) is 10.0. The van der Waals surface area contributed by atoms with E-state index < -0.39 is 10.8 Å². The number of hydrogen-bond donors (Lipinski definition) is 0. The van der Waals surface area contributed by atoms with Crippen LogP contribution in [0.3, 0.4) is 0 Å². The summed E-state index contributed by atoms with van der Waals surface area (Å²) in [6, 6.07) is 87.0. The minimum atomic E-state index is -0.579. The highest BCUT2D eigenvalue weighted by Gasteiger charge is 2.56. The van der Waals surface area contributed by atoms with Crippen molar-refractivity contribution in [2.75, 3.05) is 4.90 Å². The molecule has 0 N–H and O–H groups in total. The van der Waals surface area contributed by atoms with E-state index >= 15 is 0 Å². The molecule has 0 aromatic heterocycles. The van der Waals surface area contributed by atoms with E-state index in [1.165, 1.54) is 123 Å². The molecule has 4 aliphatic carbocycles. The Morgan fingerprint density at radius 3 is 1.10 bits per heavy atom. The predicted molar refractivity (Wildman–Crippen MR) is 323 cm³/mol. The third kappa shape index (κ3) is 6.35. The van der Waals surface area contributed by atoms with Crippen LogP contribution in [0, 0.1) is 0 Å². The number of hydrogen-bond acceptors (Lipinski definition) is 1. The summed E-state index contributed by atoms with van der Waals surface area (Å²) in [5, 5.41) is 0. The van der Waals surface area contributed by atoms with Crippen molar-refractivity contribution >= 4 is 17.1 Å². The third-order valence-corrected chi connectivity index (χ3v) is 18.7. The zero-order chi connectivity index (χ0) is 53.0. The maximum absolute atomic E-state index is 2.64. The van der Waals surface area contributed by atoms with Gasteiger partial charge in [-0.05, 0) is 135 Å². The normalized spacial score (nSPS) is 18.6. The fraction of sp³-hybridized carbons (Fsp3) is 0.211. The van der Waals surface area contributed by atoms with Crippen LogP contribution in [0.2, 0.25) is 0 Å². The lowest BCUT2D eigenvalue weighted by atomic mass is 9.55. The average Bonchev–Trinajstić information content (AvgIpc) is 4.01. The third-order valence-electron chi connectivity index (χ3n) is 18.7. The highest BCUT2D eigenvalue weighted by atomic mass is 15.1. The van der Waals surface area contributed by atoms with Gasteiger partial charge in [-0.2, -0.15) is 0 Å². The van der Waals surface area contributed by atoms with Crippen molar-refractivity contribution in [3.05, 3.63) is 302 Å². The molecule has 2 spiro atoms. The molecule has 0 heterocycles. The van der Waals surface area contributed by atoms with Gasteiger partial charge < -0.3 is 4.90 Å². The van der Waals surface area contributed by atoms with Crippen LogP contribution in [-0.2, 0) is 32.5 Å². The first-order valence-corrected chi connectivity index (χ1v) is 27.9. The van der Waals surface area contributed by atoms with Crippen LogP contribution in [0.5, 0.6) is 0 Å². The van der Waals surface area contributed by atoms with Gasteiger partial charge in [-0.3, -0.25) is 0 Å². The molecule has 14 rings (SSSR count). The fourth-order valence-corrected chi connectivity index (χ4v) is 15.0. The van der Waals surface area contributed by atoms with Crippen LogP contribution < -0.4 is 4.90 Å². The molecule has 0 aliphatic heterocycles. The second kappa shape index (κ2) is 16.3. The summed E-state index contributed by atoms with van der Waals surface area (Å²) >= 11 is 0. The van der Waals surface area contributed by atoms with Gasteiger partial charge >= 0.3 is 0 Å². The van der Waals surface area contributed by atoms with E-state index in [2.05, 4.69) is 299 Å². The molecule has 1 nitrogen and oxygen atoms in total. The van der Waals surface area contributed by atoms with E-state index in [0.29, 0.717) is 0 Å². The van der Waals surface area contributed by atoms with Gasteiger partial charge in [0, 0.05) is 27.6 Å². The lowest BCUT2D eigenvalue weighted by Gasteiger charge is -2.47. The van der Waals surface area contributed by atoms with Crippen molar-refractivity contribution in [2.45, 2.75) is 102 Å². The second-order valence-electron chi connectivity index (χ2n) is 25.6. The quantitative estimate of drug-likeness (QED) is 0.170. The summed E-state index contributed by atoms with van der Waals surface area (Å²) in [4.78, 5) is 2.64. The topological polar surface area (TPSA) is 3.24 Å². The fourth-order valence-electron chi connectivity index (χ4n) is 15.0. The summed E-state index contributed by atoms with van der Waals surface area (Å²) in [7, 11) is 0. The van der Waals surface area contributed by atoms with Crippen molar-refractivity contribution in [3.8, 4) is 33.4 Å². The first-order valence-electron chi connectivity index (χ1n) is 27.9. The average molecular weight is 994 g/mol. The summed E-state index contributed by atoms with van der Waals surface area (Å²) < 4.78 is 0. The van der Waals surface area contributed by atoms with Crippen molar-refractivity contribution in [1.29, 1.82) is 0 Å². The van der Waals surface area contributed by atoms with Gasteiger partial charge in [-0.1, -0.05) is 269 Å². The highest BCUT2D eigenvalue weighted by Crippen LogP contribution is 2.67. The Morgan fingerprint density at radius 1 is 0.286 bits per heavy atom. The van der Waals surface area contributed by atoms with Crippen molar-refractivity contribution in [1.82, 2.24) is 0 Å². The lowest BCUT2D eigenvalue weighted by Crippen LogP contribution is -2.41. The first-order chi connectivity index (χ1) is 37.0. The summed E-state index contributed by atoms with van der Waals surface area (Å²) in [5.74, 6) is 0. The standard InChI is InChI=1S/C76H67N/c1-71(2,3)50-41-43-59-65(46-50)75(61-35-20-18-33-57(61)73(59,7)8)55-31-16-14-29-53(55)69-63(75)37-23-39-67(69)77(52-28-22-27-49(45-52)48-25-12-11-13-26-48)68-40-24-38-64-70(68)54-30-15-17-32-56(54)76(64)62-36-21-19-34-58(62)74(9,10)60-44-42-51(47-66(60)76)72(4,5)6/h11-47H,1-10H3. The monoisotopic (exact) mass is 994 g/mol. The zero-order valence-electron chi connectivity index (χ0n) is 46.3. The minimum absolute atomic E-state index is 0.0501. The molecular formula is C76H67N. The van der Waals surface area contributed by atoms with E-state index in [1.54, 1.807) is 0 Å². The molecular weight excluding hydrogens is 927 g/mol. The van der Waals surface area contributed by atoms with Crippen molar-refractivity contribution in [3.63, 3.8) is 0 Å². The van der Waals surface area contributed by atoms with Crippen LogP contribution in [0.4, 0.5) is 17.1 Å². The SMILES string of the molecule is CC(C)(C)c1ccc2c(c1)C1(c3ccccc3-c3c(N(c4cccc(-c5ccccc5)c4)c4cccc5c4-c4ccccc4C54c5ccccc5C(C)(C)c5ccc(C(C)(C)C)cc54)cccc31)c1ccccc1C2(C)C. The number of rotatable bonds is 4. The number of nitrogens with zero attached hydrogens (tertiary/aromatic N) is 1. The van der Waals surface area contributed by atoms with Gasteiger partial charge in [0.15, 0.2) is 0 Å². The molecule has 2 atom stereocenters. The molecule has 0 fully saturated rings. The van der Waals surface area contributed by atoms with Gasteiger partial charge in [0.2, 0.25) is 0 Å². The van der Waals surface area contributed by atoms with Gasteiger partial charge in [0.25, 0.3) is 0 Å². The molecule has 10 aromatic rings. The van der Waals surface area contributed by atoms with Crippen LogP contribution in [0.15, 0.2) is 224 Å². The Hall–Kier alpha value is -8.00. The molecule has 10 aromatic carbocycles. The molecule has 2 unspecified atom stereocenters. The number of anilines is 3. The van der Waals surface area contributed by atoms with Crippen LogP contribution in [0.25, 0.3) is 33.4 Å². The highest BCUT2D eigenvalue weighted by molar-refractivity contribution is 6.03. The summed E-state index contributed by atoms with van der Waals surface area (Å²) in [5.41, 5.74) is 28.3. The van der Waals surface area contributed by atoms with Crippen LogP contribution >= 0.6 is 0 Å². The van der Waals surface area contributed by atoms with E-state index in [1.807, 2.05) is 0 Å². The molecule has 0 amide bonds. The molecule has 0 saturated carbocycles. The molecule has 77 heavy (non-hydrogen) atoms. The smallest absolute Gasteiger partial charge is 0.0720 e. The molecule has 1 heteroatoms. The Morgan fingerprint density at radius 2 is 0.649 bits per heavy atom. The molecule has 376 valence electrons. The summed E-state index contributed by atoms with van der Waals surface area (Å²) in [6.07, 6.45) is 0. The zero-order valence-corrected chi connectivity index (χ0v) is 46.3. The predicted octanol–water partition coefficient (Wildman–Crippen LogP) is 19.4. The van der Waals surface area contributed by atoms with Gasteiger partial charge in [-0.25, -0.2) is 0 Å². The second-order valence-corrected chi connectivity index (χ2v) is 25.6. The summed E-state index contributed by atoms with van der Waals surface area (Å²) in [6.45, 7) is 23.9. The minimum Gasteiger partial charge on any atom is -0.309 e. The first kappa shape index (κ1) is 47.5. The van der Waals surface area contributed by atoms with E-state index in [0.717, 1.165) is 5.69 Å². The molecule has 0 bridgehead atoms. The lowest BCUT2D eigenvalue weighted by molar-refractivity contribution is 0.551. The maximum atomic E-state index is 2.64. The molecule has 0 radical (unpaired) electrons. The Balaban J connectivity index is 1.12. The number of benzene rings is 10. The maximum Gasteiger partial charge on any atom is 0.0720 e. The van der Waals surface area contributed by atoms with Gasteiger partial charge in [0.1, 0.15) is 0 Å². The van der Waals surface area contributed by atoms with E-state index in [-0.39, 0.29) is 21.7 Å². The molecule has 0 saturated heterocycles. The van der Waals surface area contributed by atoms with Crippen LogP contribution in [-0.4, -0.2) is 0 Å². The van der Waals surface area contributed by atoms with Crippen molar-refractivity contribution in [2.24, 2.45) is 0 Å².